The summed E-state index contributed by atoms with van der Waals surface area (Å²) in [5.74, 6) is 0.147. The Morgan fingerprint density at radius 1 is 0.967 bits per heavy atom. The molecule has 2 nitrogen and oxygen atoms in total. The Balaban J connectivity index is 1.22. The maximum atomic E-state index is 13.8. The maximum absolute atomic E-state index is 13.8. The quantitative estimate of drug-likeness (QED) is 0.341. The molecule has 0 aromatic heterocycles. The van der Waals surface area contributed by atoms with Gasteiger partial charge in [0.05, 0.1) is 22.0 Å². The van der Waals surface area contributed by atoms with Gasteiger partial charge in [0.15, 0.2) is 6.29 Å². The Morgan fingerprint density at radius 2 is 1.57 bits per heavy atom. The molecule has 0 unspecified atom stereocenters. The van der Waals surface area contributed by atoms with E-state index < -0.39 is 11.6 Å². The fourth-order valence-electron chi connectivity index (χ4n) is 5.75. The van der Waals surface area contributed by atoms with Crippen molar-refractivity contribution in [3.05, 3.63) is 34.4 Å². The highest BCUT2D eigenvalue weighted by molar-refractivity contribution is 6.60. The van der Waals surface area contributed by atoms with Gasteiger partial charge in [-0.05, 0) is 61.3 Å². The number of hydrogen-bond acceptors (Lipinski definition) is 2. The lowest BCUT2D eigenvalue weighted by Crippen LogP contribution is -2.39. The Morgan fingerprint density at radius 3 is 2.13 bits per heavy atom. The molecule has 2 aliphatic heterocycles. The third-order valence-corrected chi connectivity index (χ3v) is 11.5. The second-order valence-electron chi connectivity index (χ2n) is 9.53. The summed E-state index contributed by atoms with van der Waals surface area (Å²) < 4.78 is 39.8. The van der Waals surface area contributed by atoms with Crippen LogP contribution in [-0.2, 0) is 9.47 Å². The summed E-state index contributed by atoms with van der Waals surface area (Å²) in [4.78, 5) is 0. The molecular formula is C24H34ClF2O2Si. The van der Waals surface area contributed by atoms with Crippen molar-refractivity contribution in [2.75, 3.05) is 13.2 Å². The van der Waals surface area contributed by atoms with Crippen LogP contribution in [0.25, 0.3) is 0 Å². The molecule has 1 aromatic rings. The first kappa shape index (κ1) is 22.7. The molecule has 1 aromatic carbocycles. The third-order valence-electron chi connectivity index (χ3n) is 7.53. The number of benzene rings is 1. The van der Waals surface area contributed by atoms with Crippen molar-refractivity contribution in [1.82, 2.24) is 0 Å². The average Bonchev–Trinajstić information content (AvgIpc) is 2.78. The van der Waals surface area contributed by atoms with Crippen molar-refractivity contribution in [3.8, 4) is 0 Å². The van der Waals surface area contributed by atoms with Gasteiger partial charge in [-0.25, -0.2) is 8.78 Å². The summed E-state index contributed by atoms with van der Waals surface area (Å²) in [5.41, 5.74) is 1.66. The summed E-state index contributed by atoms with van der Waals surface area (Å²) in [6, 6.07) is 5.39. The van der Waals surface area contributed by atoms with E-state index in [1.807, 2.05) is 0 Å². The lowest BCUT2D eigenvalue weighted by molar-refractivity contribution is -0.228. The fourth-order valence-corrected chi connectivity index (χ4v) is 9.51. The van der Waals surface area contributed by atoms with E-state index in [2.05, 4.69) is 6.92 Å². The molecule has 1 saturated carbocycles. The van der Waals surface area contributed by atoms with Gasteiger partial charge in [-0.3, -0.25) is 0 Å². The fraction of sp³-hybridized carbons (Fsp3) is 0.750. The molecule has 4 rings (SSSR count). The smallest absolute Gasteiger partial charge is 0.160 e. The first-order chi connectivity index (χ1) is 14.5. The SMILES string of the molecule is CCCC1COC(C2CCC([Si]3CCC(c4cc(F)c(Cl)c(F)c4)CC3)CC2)OC1. The van der Waals surface area contributed by atoms with Crippen LogP contribution in [0.2, 0.25) is 22.7 Å². The number of ether oxygens (including phenoxy) is 2. The van der Waals surface area contributed by atoms with Crippen LogP contribution in [-0.4, -0.2) is 28.3 Å². The lowest BCUT2D eigenvalue weighted by Gasteiger charge is -2.40. The van der Waals surface area contributed by atoms with Crippen LogP contribution in [0.3, 0.4) is 0 Å². The Hall–Kier alpha value is -0.493. The molecule has 3 aliphatic rings. The van der Waals surface area contributed by atoms with Crippen molar-refractivity contribution in [1.29, 1.82) is 0 Å². The van der Waals surface area contributed by atoms with Crippen molar-refractivity contribution in [3.63, 3.8) is 0 Å². The van der Waals surface area contributed by atoms with Crippen molar-refractivity contribution < 1.29 is 18.3 Å². The van der Waals surface area contributed by atoms with Gasteiger partial charge in [0.25, 0.3) is 0 Å². The molecule has 0 bridgehead atoms. The Kier molecular flexibility index (Phi) is 7.88. The zero-order chi connectivity index (χ0) is 21.1. The van der Waals surface area contributed by atoms with Gasteiger partial charge in [-0.15, -0.1) is 0 Å². The highest BCUT2D eigenvalue weighted by Crippen LogP contribution is 2.45. The molecule has 6 heteroatoms. The van der Waals surface area contributed by atoms with E-state index >= 15 is 0 Å². The van der Waals surface area contributed by atoms with Gasteiger partial charge in [-0.1, -0.05) is 49.9 Å². The van der Waals surface area contributed by atoms with Gasteiger partial charge < -0.3 is 9.47 Å². The van der Waals surface area contributed by atoms with Crippen LogP contribution in [0.15, 0.2) is 12.1 Å². The van der Waals surface area contributed by atoms with Crippen LogP contribution in [0, 0.1) is 23.5 Å². The minimum absolute atomic E-state index is 0.0155. The van der Waals surface area contributed by atoms with Gasteiger partial charge in [0.2, 0.25) is 0 Å². The van der Waals surface area contributed by atoms with Crippen molar-refractivity contribution >= 4 is 20.4 Å². The van der Waals surface area contributed by atoms with Gasteiger partial charge >= 0.3 is 0 Å². The minimum atomic E-state index is -0.630. The zero-order valence-electron chi connectivity index (χ0n) is 18.0. The standard InChI is InChI=1S/C24H34ClF2O2Si/c1-2-3-16-14-28-24(29-15-16)18-4-6-20(7-5-18)30-10-8-17(9-11-30)19-12-21(26)23(25)22(27)13-19/h12-13,16-18,20,24H,2-11,14-15H2,1H3. The van der Waals surface area contributed by atoms with E-state index in [1.165, 1.54) is 62.7 Å². The summed E-state index contributed by atoms with van der Waals surface area (Å²) in [6.45, 7) is 3.94. The van der Waals surface area contributed by atoms with E-state index in [9.17, 15) is 8.78 Å². The largest absolute Gasteiger partial charge is 0.352 e. The Bertz CT molecular complexity index is 671. The molecule has 0 spiro atoms. The minimum Gasteiger partial charge on any atom is -0.352 e. The summed E-state index contributed by atoms with van der Waals surface area (Å²) >= 11 is 5.64. The summed E-state index contributed by atoms with van der Waals surface area (Å²) in [5, 5.41) is -0.386. The first-order valence-corrected chi connectivity index (χ1v) is 14.1. The highest BCUT2D eigenvalue weighted by Gasteiger charge is 2.36. The average molecular weight is 456 g/mol. The van der Waals surface area contributed by atoms with Gasteiger partial charge in [-0.2, -0.15) is 0 Å². The van der Waals surface area contributed by atoms with Crippen LogP contribution in [0.5, 0.6) is 0 Å². The number of rotatable bonds is 5. The monoisotopic (exact) mass is 455 g/mol. The molecule has 2 heterocycles. The van der Waals surface area contributed by atoms with Crippen LogP contribution in [0.4, 0.5) is 8.78 Å². The van der Waals surface area contributed by atoms with Crippen LogP contribution >= 0.6 is 11.6 Å². The topological polar surface area (TPSA) is 18.5 Å². The van der Waals surface area contributed by atoms with E-state index in [0.29, 0.717) is 11.8 Å². The third kappa shape index (κ3) is 5.28. The molecule has 3 fully saturated rings. The summed E-state index contributed by atoms with van der Waals surface area (Å²) in [6.07, 6.45) is 9.57. The second kappa shape index (κ2) is 10.4. The predicted molar refractivity (Wildman–Crippen MR) is 119 cm³/mol. The molecular weight excluding hydrogens is 422 g/mol. The van der Waals surface area contributed by atoms with Gasteiger partial charge in [0.1, 0.15) is 16.7 Å². The molecule has 1 radical (unpaired) electrons. The Labute approximate surface area is 186 Å². The van der Waals surface area contributed by atoms with E-state index in [4.69, 9.17) is 21.1 Å². The van der Waals surface area contributed by atoms with E-state index in [0.717, 1.165) is 37.2 Å². The molecule has 1 aliphatic carbocycles. The second-order valence-corrected chi connectivity index (χ2v) is 13.0. The molecule has 167 valence electrons. The zero-order valence-corrected chi connectivity index (χ0v) is 19.7. The first-order valence-electron chi connectivity index (χ1n) is 11.8. The summed E-state index contributed by atoms with van der Waals surface area (Å²) in [7, 11) is -0.380. The van der Waals surface area contributed by atoms with E-state index in [1.54, 1.807) is 0 Å². The molecule has 2 saturated heterocycles. The maximum Gasteiger partial charge on any atom is 0.160 e. The van der Waals surface area contributed by atoms with Crippen LogP contribution < -0.4 is 0 Å². The number of halogens is 3. The highest BCUT2D eigenvalue weighted by atomic mass is 35.5. The van der Waals surface area contributed by atoms with E-state index in [-0.39, 0.29) is 26.0 Å². The van der Waals surface area contributed by atoms with Gasteiger partial charge in [0, 0.05) is 11.8 Å². The number of hydrogen-bond donors (Lipinski definition) is 0. The van der Waals surface area contributed by atoms with Crippen molar-refractivity contribution in [2.45, 2.75) is 88.1 Å². The van der Waals surface area contributed by atoms with Crippen molar-refractivity contribution in [2.24, 2.45) is 11.8 Å². The van der Waals surface area contributed by atoms with Crippen LogP contribution in [0.1, 0.15) is 69.8 Å². The molecule has 0 amide bonds. The normalized spacial score (nSPS) is 31.7. The lowest BCUT2D eigenvalue weighted by atomic mass is 9.88. The molecule has 0 atom stereocenters. The molecule has 30 heavy (non-hydrogen) atoms. The predicted octanol–water partition coefficient (Wildman–Crippen LogP) is 7.34. The molecule has 0 N–H and O–H groups in total.